The minimum atomic E-state index is -4.10. The summed E-state index contributed by atoms with van der Waals surface area (Å²) in [6, 6.07) is 1.73. The second-order valence-corrected chi connectivity index (χ2v) is 7.21. The van der Waals surface area contributed by atoms with Crippen LogP contribution in [0, 0.1) is 5.82 Å². The molecule has 1 aromatic rings. The number of carboxylic acid groups (broad SMARTS) is 1. The first-order chi connectivity index (χ1) is 9.78. The Bertz CT molecular complexity index is 673. The van der Waals surface area contributed by atoms with E-state index in [1.165, 1.54) is 4.31 Å². The van der Waals surface area contributed by atoms with Crippen molar-refractivity contribution in [2.45, 2.75) is 37.1 Å². The fourth-order valence-corrected chi connectivity index (χ4v) is 4.29. The fraction of sp³-hybridized carbons (Fsp3) is 0.462. The van der Waals surface area contributed by atoms with E-state index >= 15 is 0 Å². The zero-order chi connectivity index (χ0) is 15.8. The summed E-state index contributed by atoms with van der Waals surface area (Å²) in [4.78, 5) is 10.3. The van der Waals surface area contributed by atoms with Crippen molar-refractivity contribution in [1.82, 2.24) is 4.31 Å². The molecule has 0 aliphatic heterocycles. The highest BCUT2D eigenvalue weighted by molar-refractivity contribution is 7.89. The predicted molar refractivity (Wildman–Crippen MR) is 75.6 cm³/mol. The molecule has 116 valence electrons. The number of halogens is 2. The van der Waals surface area contributed by atoms with Crippen LogP contribution in [0.4, 0.5) is 4.39 Å². The summed E-state index contributed by atoms with van der Waals surface area (Å²) in [6.07, 6.45) is 2.05. The maximum Gasteiger partial charge on any atom is 0.338 e. The van der Waals surface area contributed by atoms with Crippen LogP contribution in [0.15, 0.2) is 17.0 Å². The summed E-state index contributed by atoms with van der Waals surface area (Å²) in [5, 5.41) is 8.81. The summed E-state index contributed by atoms with van der Waals surface area (Å²) >= 11 is 5.74. The van der Waals surface area contributed by atoms with Crippen molar-refractivity contribution in [2.75, 3.05) is 6.54 Å². The topological polar surface area (TPSA) is 74.7 Å². The first kappa shape index (κ1) is 16.2. The summed E-state index contributed by atoms with van der Waals surface area (Å²) < 4.78 is 40.6. The average molecular weight is 336 g/mol. The molecular formula is C13H15ClFNO4S. The van der Waals surface area contributed by atoms with Gasteiger partial charge in [0.2, 0.25) is 10.0 Å². The Labute approximate surface area is 127 Å². The normalized spacial score (nSPS) is 15.4. The highest BCUT2D eigenvalue weighted by Gasteiger charge is 2.39. The summed E-state index contributed by atoms with van der Waals surface area (Å²) in [5.74, 6) is -2.83. The maximum atomic E-state index is 14.2. The second kappa shape index (κ2) is 5.90. The molecule has 8 heteroatoms. The van der Waals surface area contributed by atoms with Gasteiger partial charge in [0.05, 0.1) is 5.56 Å². The average Bonchev–Trinajstić information content (AvgIpc) is 3.21. The van der Waals surface area contributed by atoms with Gasteiger partial charge in [-0.1, -0.05) is 18.5 Å². The third-order valence-corrected chi connectivity index (χ3v) is 5.39. The highest BCUT2D eigenvalue weighted by Crippen LogP contribution is 2.34. The van der Waals surface area contributed by atoms with Gasteiger partial charge in [0.25, 0.3) is 0 Å². The lowest BCUT2D eigenvalue weighted by Gasteiger charge is -2.22. The minimum absolute atomic E-state index is 0.125. The van der Waals surface area contributed by atoms with E-state index in [-0.39, 0.29) is 17.6 Å². The lowest BCUT2D eigenvalue weighted by atomic mass is 10.2. The van der Waals surface area contributed by atoms with Gasteiger partial charge in [-0.05, 0) is 31.4 Å². The van der Waals surface area contributed by atoms with Gasteiger partial charge in [0.1, 0.15) is 4.90 Å². The van der Waals surface area contributed by atoms with Crippen LogP contribution in [-0.4, -0.2) is 36.4 Å². The molecule has 1 aromatic carbocycles. The lowest BCUT2D eigenvalue weighted by molar-refractivity contribution is 0.0691. The maximum absolute atomic E-state index is 14.2. The molecule has 21 heavy (non-hydrogen) atoms. The Morgan fingerprint density at radius 2 is 2.10 bits per heavy atom. The van der Waals surface area contributed by atoms with Gasteiger partial charge in [0.15, 0.2) is 5.82 Å². The first-order valence-electron chi connectivity index (χ1n) is 6.53. The number of sulfonamides is 1. The molecule has 1 N–H and O–H groups in total. The lowest BCUT2D eigenvalue weighted by Crippen LogP contribution is -2.34. The van der Waals surface area contributed by atoms with E-state index in [2.05, 4.69) is 0 Å². The van der Waals surface area contributed by atoms with Gasteiger partial charge in [-0.15, -0.1) is 0 Å². The smallest absolute Gasteiger partial charge is 0.338 e. The highest BCUT2D eigenvalue weighted by atomic mass is 35.5. The van der Waals surface area contributed by atoms with Crippen LogP contribution in [0.25, 0.3) is 0 Å². The van der Waals surface area contributed by atoms with Gasteiger partial charge in [0, 0.05) is 17.6 Å². The van der Waals surface area contributed by atoms with Crippen molar-refractivity contribution in [1.29, 1.82) is 0 Å². The Morgan fingerprint density at radius 3 is 2.57 bits per heavy atom. The molecule has 0 radical (unpaired) electrons. The van der Waals surface area contributed by atoms with Gasteiger partial charge >= 0.3 is 5.97 Å². The van der Waals surface area contributed by atoms with E-state index in [1.54, 1.807) is 0 Å². The standard InChI is InChI=1S/C13H15ClFNO4S/c1-2-5-16(9-3-4-9)21(19,20)11-7-8(14)6-10(12(11)15)13(17)18/h6-7,9H,2-5H2,1H3,(H,17,18). The molecule has 5 nitrogen and oxygen atoms in total. The van der Waals surface area contributed by atoms with E-state index in [9.17, 15) is 17.6 Å². The largest absolute Gasteiger partial charge is 0.478 e. The Kier molecular flexibility index (Phi) is 4.55. The summed E-state index contributed by atoms with van der Waals surface area (Å²) in [5.41, 5.74) is -0.742. The summed E-state index contributed by atoms with van der Waals surface area (Å²) in [6.45, 7) is 2.09. The number of carboxylic acids is 1. The third kappa shape index (κ3) is 3.20. The molecular weight excluding hydrogens is 321 g/mol. The SMILES string of the molecule is CCCN(C1CC1)S(=O)(=O)c1cc(Cl)cc(C(=O)O)c1F. The van der Waals surface area contributed by atoms with E-state index in [1.807, 2.05) is 6.92 Å². The predicted octanol–water partition coefficient (Wildman–Crippen LogP) is 2.74. The first-order valence-corrected chi connectivity index (χ1v) is 8.35. The molecule has 1 saturated carbocycles. The molecule has 1 aliphatic rings. The van der Waals surface area contributed by atoms with Crippen molar-refractivity contribution in [3.63, 3.8) is 0 Å². The number of benzene rings is 1. The molecule has 1 fully saturated rings. The van der Waals surface area contributed by atoms with Gasteiger partial charge in [-0.3, -0.25) is 0 Å². The number of rotatable bonds is 6. The van der Waals surface area contributed by atoms with Crippen LogP contribution in [0.3, 0.4) is 0 Å². The van der Waals surface area contributed by atoms with E-state index in [0.717, 1.165) is 25.0 Å². The Balaban J connectivity index is 2.56. The molecule has 1 aliphatic carbocycles. The van der Waals surface area contributed by atoms with Crippen LogP contribution < -0.4 is 0 Å². The van der Waals surface area contributed by atoms with Crippen LogP contribution in [0.1, 0.15) is 36.5 Å². The Hall–Kier alpha value is -1.18. The van der Waals surface area contributed by atoms with Crippen LogP contribution >= 0.6 is 11.6 Å². The van der Waals surface area contributed by atoms with Crippen LogP contribution in [0.5, 0.6) is 0 Å². The van der Waals surface area contributed by atoms with E-state index in [0.29, 0.717) is 6.42 Å². The van der Waals surface area contributed by atoms with E-state index in [4.69, 9.17) is 16.7 Å². The number of nitrogens with zero attached hydrogens (tertiary/aromatic N) is 1. The quantitative estimate of drug-likeness (QED) is 0.867. The van der Waals surface area contributed by atoms with Gasteiger partial charge in [-0.25, -0.2) is 17.6 Å². The van der Waals surface area contributed by atoms with Gasteiger partial charge < -0.3 is 5.11 Å². The number of carbonyl (C=O) groups is 1. The molecule has 0 amide bonds. The Morgan fingerprint density at radius 1 is 1.48 bits per heavy atom. The van der Waals surface area contributed by atoms with Crippen LogP contribution in [-0.2, 0) is 10.0 Å². The third-order valence-electron chi connectivity index (χ3n) is 3.22. The number of hydrogen-bond acceptors (Lipinski definition) is 3. The fourth-order valence-electron chi connectivity index (χ4n) is 2.12. The zero-order valence-electron chi connectivity index (χ0n) is 11.3. The van der Waals surface area contributed by atoms with Crippen molar-refractivity contribution < 1.29 is 22.7 Å². The van der Waals surface area contributed by atoms with Crippen molar-refractivity contribution in [2.24, 2.45) is 0 Å². The minimum Gasteiger partial charge on any atom is -0.478 e. The molecule has 0 spiro atoms. The molecule has 0 saturated heterocycles. The zero-order valence-corrected chi connectivity index (χ0v) is 12.9. The second-order valence-electron chi connectivity index (χ2n) is 4.92. The molecule has 0 unspecified atom stereocenters. The molecule has 0 heterocycles. The van der Waals surface area contributed by atoms with Crippen molar-refractivity contribution >= 4 is 27.6 Å². The number of hydrogen-bond donors (Lipinski definition) is 1. The monoisotopic (exact) mass is 335 g/mol. The molecule has 2 rings (SSSR count). The molecule has 0 bridgehead atoms. The van der Waals surface area contributed by atoms with Crippen molar-refractivity contribution in [3.8, 4) is 0 Å². The van der Waals surface area contributed by atoms with Crippen molar-refractivity contribution in [3.05, 3.63) is 28.5 Å². The number of aromatic carboxylic acids is 1. The molecule has 0 atom stereocenters. The van der Waals surface area contributed by atoms with E-state index < -0.39 is 32.3 Å². The molecule has 0 aromatic heterocycles. The van der Waals surface area contributed by atoms with Crippen LogP contribution in [0.2, 0.25) is 5.02 Å². The van der Waals surface area contributed by atoms with Gasteiger partial charge in [-0.2, -0.15) is 4.31 Å². The summed E-state index contributed by atoms with van der Waals surface area (Å²) in [7, 11) is -4.10.